The summed E-state index contributed by atoms with van der Waals surface area (Å²) >= 11 is 1.29. The molecule has 4 rings (SSSR count). The number of nitrogens with one attached hydrogen (secondary N) is 1. The van der Waals surface area contributed by atoms with E-state index in [1.54, 1.807) is 11.8 Å². The molecule has 4 aromatic rings. The van der Waals surface area contributed by atoms with E-state index in [0.717, 1.165) is 27.9 Å². The minimum absolute atomic E-state index is 0.148. The molecule has 1 heterocycles. The second-order valence-electron chi connectivity index (χ2n) is 7.76. The Labute approximate surface area is 197 Å². The summed E-state index contributed by atoms with van der Waals surface area (Å²) in [6.07, 6.45) is 0. The Hall–Kier alpha value is -3.65. The highest BCUT2D eigenvalue weighted by molar-refractivity contribution is 8.00. The van der Waals surface area contributed by atoms with Gasteiger partial charge in [0.15, 0.2) is 0 Å². The number of carbonyl (C=O) groups excluding carboxylic acids is 1. The first-order valence-electron chi connectivity index (χ1n) is 10.5. The number of ether oxygens (including phenoxy) is 1. The van der Waals surface area contributed by atoms with E-state index >= 15 is 0 Å². The zero-order valence-electron chi connectivity index (χ0n) is 18.9. The number of amides is 1. The van der Waals surface area contributed by atoms with Crippen molar-refractivity contribution in [2.24, 2.45) is 0 Å². The molecule has 8 heteroatoms. The molecule has 1 unspecified atom stereocenters. The lowest BCUT2D eigenvalue weighted by Crippen LogP contribution is -2.20. The number of rotatable bonds is 7. The van der Waals surface area contributed by atoms with E-state index in [9.17, 15) is 4.79 Å². The fourth-order valence-electron chi connectivity index (χ4n) is 3.44. The van der Waals surface area contributed by atoms with E-state index in [1.807, 2.05) is 87.5 Å². The smallest absolute Gasteiger partial charge is 0.242 e. The highest BCUT2D eigenvalue weighted by Gasteiger charge is 2.26. The molecule has 0 aliphatic carbocycles. The van der Waals surface area contributed by atoms with Crippen LogP contribution in [0, 0.1) is 20.8 Å². The number of nitrogens with zero attached hydrogens (tertiary/aromatic N) is 4. The van der Waals surface area contributed by atoms with Crippen LogP contribution in [-0.2, 0) is 4.79 Å². The van der Waals surface area contributed by atoms with E-state index < -0.39 is 5.25 Å². The van der Waals surface area contributed by atoms with Gasteiger partial charge in [0.1, 0.15) is 16.7 Å². The van der Waals surface area contributed by atoms with Crippen molar-refractivity contribution in [3.05, 3.63) is 89.0 Å². The Morgan fingerprint density at radius 2 is 1.73 bits per heavy atom. The summed E-state index contributed by atoms with van der Waals surface area (Å²) < 4.78 is 7.12. The van der Waals surface area contributed by atoms with Crippen molar-refractivity contribution in [2.75, 3.05) is 12.4 Å². The normalized spacial score (nSPS) is 11.8. The van der Waals surface area contributed by atoms with Gasteiger partial charge < -0.3 is 10.1 Å². The lowest BCUT2D eigenvalue weighted by molar-refractivity contribution is -0.115. The average Bonchev–Trinajstić information content (AvgIpc) is 3.28. The third-order valence-corrected chi connectivity index (χ3v) is 6.41. The zero-order chi connectivity index (χ0) is 23.4. The topological polar surface area (TPSA) is 81.9 Å². The molecule has 1 atom stereocenters. The van der Waals surface area contributed by atoms with E-state index in [-0.39, 0.29) is 5.91 Å². The zero-order valence-corrected chi connectivity index (χ0v) is 19.8. The number of anilines is 1. The van der Waals surface area contributed by atoms with Gasteiger partial charge >= 0.3 is 0 Å². The van der Waals surface area contributed by atoms with E-state index in [2.05, 4.69) is 20.8 Å². The second kappa shape index (κ2) is 9.87. The fourth-order valence-corrected chi connectivity index (χ4v) is 4.43. The molecule has 3 aromatic carbocycles. The molecule has 0 spiro atoms. The Balaban J connectivity index is 1.70. The SMILES string of the molecule is COc1ccc(C)cc1-n1nnnc1SC(C(=O)Nc1cc(C)ccc1C)c1ccccc1. The quantitative estimate of drug-likeness (QED) is 0.389. The van der Waals surface area contributed by atoms with Crippen molar-refractivity contribution in [1.29, 1.82) is 0 Å². The van der Waals surface area contributed by atoms with Crippen LogP contribution in [0.5, 0.6) is 5.75 Å². The molecule has 7 nitrogen and oxygen atoms in total. The minimum atomic E-state index is -0.563. The van der Waals surface area contributed by atoms with Crippen LogP contribution in [0.15, 0.2) is 71.9 Å². The third kappa shape index (κ3) is 5.06. The van der Waals surface area contributed by atoms with Crippen LogP contribution < -0.4 is 10.1 Å². The van der Waals surface area contributed by atoms with Crippen molar-refractivity contribution >= 4 is 23.4 Å². The summed E-state index contributed by atoms with van der Waals surface area (Å²) in [5, 5.41) is 15.3. The van der Waals surface area contributed by atoms with Gasteiger partial charge in [-0.2, -0.15) is 4.68 Å². The molecule has 0 saturated carbocycles. The standard InChI is InChI=1S/C25H25N5O2S/c1-16-10-12-18(3)20(14-16)26-24(31)23(19-8-6-5-7-9-19)33-25-27-28-29-30(25)21-15-17(2)11-13-22(21)32-4/h5-15,23H,1-4H3,(H,26,31). The van der Waals surface area contributed by atoms with Gasteiger partial charge in [-0.15, -0.1) is 5.10 Å². The van der Waals surface area contributed by atoms with Crippen LogP contribution in [0.1, 0.15) is 27.5 Å². The van der Waals surface area contributed by atoms with Gasteiger partial charge in [-0.25, -0.2) is 0 Å². The maximum Gasteiger partial charge on any atom is 0.242 e. The molecular weight excluding hydrogens is 434 g/mol. The monoisotopic (exact) mass is 459 g/mol. The number of hydrogen-bond acceptors (Lipinski definition) is 6. The minimum Gasteiger partial charge on any atom is -0.494 e. The largest absolute Gasteiger partial charge is 0.494 e. The molecule has 1 amide bonds. The van der Waals surface area contributed by atoms with Crippen molar-refractivity contribution < 1.29 is 9.53 Å². The highest BCUT2D eigenvalue weighted by atomic mass is 32.2. The number of hydrogen-bond donors (Lipinski definition) is 1. The maximum atomic E-state index is 13.5. The van der Waals surface area contributed by atoms with Gasteiger partial charge in [-0.1, -0.05) is 60.3 Å². The maximum absolute atomic E-state index is 13.5. The Bertz CT molecular complexity index is 1270. The molecule has 0 aliphatic heterocycles. The number of benzene rings is 3. The number of methoxy groups -OCH3 is 1. The fraction of sp³-hybridized carbons (Fsp3) is 0.200. The van der Waals surface area contributed by atoms with E-state index in [1.165, 1.54) is 11.8 Å². The number of carbonyl (C=O) groups is 1. The van der Waals surface area contributed by atoms with E-state index in [0.29, 0.717) is 16.6 Å². The first-order valence-corrected chi connectivity index (χ1v) is 11.4. The summed E-state index contributed by atoms with van der Waals surface area (Å²) in [7, 11) is 1.61. The number of thioether (sulfide) groups is 1. The van der Waals surface area contributed by atoms with E-state index in [4.69, 9.17) is 4.74 Å². The van der Waals surface area contributed by atoms with Crippen LogP contribution in [-0.4, -0.2) is 33.2 Å². The molecular formula is C25H25N5O2S. The molecule has 168 valence electrons. The Kier molecular flexibility index (Phi) is 6.74. The van der Waals surface area contributed by atoms with Crippen LogP contribution >= 0.6 is 11.8 Å². The second-order valence-corrected chi connectivity index (χ2v) is 8.84. The van der Waals surface area contributed by atoms with Crippen molar-refractivity contribution in [3.8, 4) is 11.4 Å². The molecule has 0 aliphatic rings. The summed E-state index contributed by atoms with van der Waals surface area (Å²) in [6, 6.07) is 21.4. The van der Waals surface area contributed by atoms with Gasteiger partial charge in [-0.05, 0) is 71.7 Å². The van der Waals surface area contributed by atoms with Gasteiger partial charge in [0.2, 0.25) is 11.1 Å². The molecule has 0 fully saturated rings. The summed E-state index contributed by atoms with van der Waals surface area (Å²) in [6.45, 7) is 5.97. The highest BCUT2D eigenvalue weighted by Crippen LogP contribution is 2.37. The van der Waals surface area contributed by atoms with Crippen molar-refractivity contribution in [2.45, 2.75) is 31.2 Å². The molecule has 0 bridgehead atoms. The lowest BCUT2D eigenvalue weighted by Gasteiger charge is -2.18. The Morgan fingerprint density at radius 1 is 1.00 bits per heavy atom. The number of tetrazole rings is 1. The average molecular weight is 460 g/mol. The molecule has 0 saturated heterocycles. The molecule has 0 radical (unpaired) electrons. The predicted molar refractivity (Wildman–Crippen MR) is 130 cm³/mol. The summed E-state index contributed by atoms with van der Waals surface area (Å²) in [5.41, 5.74) is 5.49. The van der Waals surface area contributed by atoms with Crippen LogP contribution in [0.4, 0.5) is 5.69 Å². The summed E-state index contributed by atoms with van der Waals surface area (Å²) in [5.74, 6) is 0.497. The van der Waals surface area contributed by atoms with Crippen molar-refractivity contribution in [3.63, 3.8) is 0 Å². The molecule has 1 aromatic heterocycles. The first kappa shape index (κ1) is 22.5. The lowest BCUT2D eigenvalue weighted by atomic mass is 10.1. The van der Waals surface area contributed by atoms with Gasteiger partial charge in [0.25, 0.3) is 0 Å². The Morgan fingerprint density at radius 3 is 2.48 bits per heavy atom. The van der Waals surface area contributed by atoms with Gasteiger partial charge in [0, 0.05) is 5.69 Å². The first-order chi connectivity index (χ1) is 16.0. The van der Waals surface area contributed by atoms with Gasteiger partial charge in [-0.3, -0.25) is 4.79 Å². The van der Waals surface area contributed by atoms with Crippen LogP contribution in [0.25, 0.3) is 5.69 Å². The predicted octanol–water partition coefficient (Wildman–Crippen LogP) is 5.07. The number of aryl methyl sites for hydroxylation is 3. The van der Waals surface area contributed by atoms with Crippen LogP contribution in [0.3, 0.4) is 0 Å². The molecule has 1 N–H and O–H groups in total. The van der Waals surface area contributed by atoms with Gasteiger partial charge in [0.05, 0.1) is 7.11 Å². The number of aromatic nitrogens is 4. The third-order valence-electron chi connectivity index (χ3n) is 5.22. The van der Waals surface area contributed by atoms with Crippen LogP contribution in [0.2, 0.25) is 0 Å². The summed E-state index contributed by atoms with van der Waals surface area (Å²) in [4.78, 5) is 13.5. The van der Waals surface area contributed by atoms with Crippen molar-refractivity contribution in [1.82, 2.24) is 20.2 Å². The molecule has 33 heavy (non-hydrogen) atoms.